The standard InChI is InChI=1S/C21H22ClN5O2S/c1-15-14-20(27-12-4-5-13-27)25-21(23-15)24-16-8-10-17(11-9-16)26-30(28,29)19-7-3-2-6-18(19)22/h2-3,6-11,14,26H,4-5,12-13H2,1H3,(H,23,24,25). The molecule has 7 nitrogen and oxygen atoms in total. The van der Waals surface area contributed by atoms with Gasteiger partial charge in [0, 0.05) is 36.2 Å². The Morgan fingerprint density at radius 1 is 0.967 bits per heavy atom. The molecule has 3 aromatic rings. The van der Waals surface area contributed by atoms with Crippen LogP contribution in [0.3, 0.4) is 0 Å². The second-order valence-corrected chi connectivity index (χ2v) is 9.18. The normalized spacial score (nSPS) is 14.0. The summed E-state index contributed by atoms with van der Waals surface area (Å²) >= 11 is 6.02. The van der Waals surface area contributed by atoms with E-state index in [9.17, 15) is 8.42 Å². The zero-order chi connectivity index (χ0) is 21.1. The van der Waals surface area contributed by atoms with Crippen LogP contribution in [0.2, 0.25) is 5.02 Å². The van der Waals surface area contributed by atoms with Crippen LogP contribution in [0.25, 0.3) is 0 Å². The minimum absolute atomic E-state index is 0.0384. The van der Waals surface area contributed by atoms with Gasteiger partial charge >= 0.3 is 0 Å². The molecule has 2 N–H and O–H groups in total. The maximum atomic E-state index is 12.6. The third kappa shape index (κ3) is 4.66. The molecule has 0 unspecified atom stereocenters. The fraction of sp³-hybridized carbons (Fsp3) is 0.238. The minimum Gasteiger partial charge on any atom is -0.356 e. The van der Waals surface area contributed by atoms with Gasteiger partial charge in [0.25, 0.3) is 10.0 Å². The Morgan fingerprint density at radius 3 is 2.33 bits per heavy atom. The van der Waals surface area contributed by atoms with E-state index in [4.69, 9.17) is 11.6 Å². The highest BCUT2D eigenvalue weighted by Crippen LogP contribution is 2.25. The number of aryl methyl sites for hydroxylation is 1. The van der Waals surface area contributed by atoms with Crippen molar-refractivity contribution < 1.29 is 8.42 Å². The van der Waals surface area contributed by atoms with E-state index in [0.717, 1.165) is 30.3 Å². The summed E-state index contributed by atoms with van der Waals surface area (Å²) in [5.41, 5.74) is 2.08. The van der Waals surface area contributed by atoms with Gasteiger partial charge in [-0.3, -0.25) is 4.72 Å². The fourth-order valence-electron chi connectivity index (χ4n) is 3.34. The summed E-state index contributed by atoms with van der Waals surface area (Å²) in [5.74, 6) is 1.44. The molecule has 0 radical (unpaired) electrons. The topological polar surface area (TPSA) is 87.2 Å². The SMILES string of the molecule is Cc1cc(N2CCCC2)nc(Nc2ccc(NS(=O)(=O)c3ccccc3Cl)cc2)n1. The monoisotopic (exact) mass is 443 g/mol. The van der Waals surface area contributed by atoms with Gasteiger partial charge in [-0.05, 0) is 56.2 Å². The van der Waals surface area contributed by atoms with Gasteiger partial charge in [0.15, 0.2) is 0 Å². The Labute approximate surface area is 181 Å². The summed E-state index contributed by atoms with van der Waals surface area (Å²) in [4.78, 5) is 11.4. The number of sulfonamides is 1. The second-order valence-electron chi connectivity index (χ2n) is 7.12. The summed E-state index contributed by atoms with van der Waals surface area (Å²) in [6.45, 7) is 3.96. The molecule has 1 aliphatic rings. The lowest BCUT2D eigenvalue weighted by atomic mass is 10.3. The lowest BCUT2D eigenvalue weighted by Gasteiger charge is -2.17. The van der Waals surface area contributed by atoms with Crippen LogP contribution < -0.4 is 14.9 Å². The van der Waals surface area contributed by atoms with Crippen molar-refractivity contribution in [1.82, 2.24) is 9.97 Å². The van der Waals surface area contributed by atoms with Gasteiger partial charge in [-0.15, -0.1) is 0 Å². The van der Waals surface area contributed by atoms with Crippen molar-refractivity contribution in [2.75, 3.05) is 28.0 Å². The Bertz CT molecular complexity index is 1150. The molecule has 0 spiro atoms. The average Bonchev–Trinajstić information content (AvgIpc) is 3.24. The van der Waals surface area contributed by atoms with Crippen LogP contribution in [0.5, 0.6) is 0 Å². The molecule has 0 amide bonds. The lowest BCUT2D eigenvalue weighted by Crippen LogP contribution is -2.19. The Balaban J connectivity index is 1.48. The van der Waals surface area contributed by atoms with E-state index in [1.165, 1.54) is 18.9 Å². The minimum atomic E-state index is -3.77. The Kier molecular flexibility index (Phi) is 5.78. The smallest absolute Gasteiger partial charge is 0.263 e. The molecule has 156 valence electrons. The number of hydrogen-bond acceptors (Lipinski definition) is 6. The van der Waals surface area contributed by atoms with Crippen molar-refractivity contribution in [3.05, 3.63) is 65.3 Å². The summed E-state index contributed by atoms with van der Waals surface area (Å²) < 4.78 is 27.7. The van der Waals surface area contributed by atoms with E-state index in [2.05, 4.69) is 24.9 Å². The summed E-state index contributed by atoms with van der Waals surface area (Å²) in [6, 6.07) is 15.2. The predicted octanol–water partition coefficient (Wildman–Crippen LogP) is 4.58. The molecule has 9 heteroatoms. The van der Waals surface area contributed by atoms with E-state index in [1.54, 1.807) is 42.5 Å². The number of hydrogen-bond donors (Lipinski definition) is 2. The molecule has 0 atom stereocenters. The maximum absolute atomic E-state index is 12.6. The van der Waals surface area contributed by atoms with Crippen LogP contribution in [0.15, 0.2) is 59.5 Å². The molecule has 4 rings (SSSR count). The van der Waals surface area contributed by atoms with Crippen LogP contribution in [-0.4, -0.2) is 31.5 Å². The van der Waals surface area contributed by atoms with E-state index >= 15 is 0 Å². The maximum Gasteiger partial charge on any atom is 0.263 e. The predicted molar refractivity (Wildman–Crippen MR) is 120 cm³/mol. The van der Waals surface area contributed by atoms with Gasteiger partial charge in [0.2, 0.25) is 5.95 Å². The van der Waals surface area contributed by atoms with Crippen molar-refractivity contribution in [3.8, 4) is 0 Å². The summed E-state index contributed by atoms with van der Waals surface area (Å²) in [5, 5.41) is 3.37. The Hall–Kier alpha value is -2.84. The quantitative estimate of drug-likeness (QED) is 0.579. The first kappa shape index (κ1) is 20.4. The zero-order valence-corrected chi connectivity index (χ0v) is 18.0. The first-order chi connectivity index (χ1) is 14.4. The highest BCUT2D eigenvalue weighted by atomic mass is 35.5. The first-order valence-corrected chi connectivity index (χ1v) is 11.5. The molecular formula is C21H22ClN5O2S. The van der Waals surface area contributed by atoms with Crippen LogP contribution >= 0.6 is 11.6 Å². The number of benzene rings is 2. The van der Waals surface area contributed by atoms with Gasteiger partial charge < -0.3 is 10.2 Å². The summed E-state index contributed by atoms with van der Waals surface area (Å²) in [6.07, 6.45) is 2.36. The number of anilines is 4. The second kappa shape index (κ2) is 8.49. The molecule has 0 bridgehead atoms. The molecule has 1 aromatic heterocycles. The third-order valence-corrected chi connectivity index (χ3v) is 6.67. The van der Waals surface area contributed by atoms with E-state index in [-0.39, 0.29) is 9.92 Å². The largest absolute Gasteiger partial charge is 0.356 e. The number of nitrogens with one attached hydrogen (secondary N) is 2. The number of nitrogens with zero attached hydrogens (tertiary/aromatic N) is 3. The van der Waals surface area contributed by atoms with Crippen LogP contribution in [-0.2, 0) is 10.0 Å². The number of rotatable bonds is 6. The van der Waals surface area contributed by atoms with Gasteiger partial charge in [0.1, 0.15) is 10.7 Å². The number of aromatic nitrogens is 2. The van der Waals surface area contributed by atoms with E-state index in [0.29, 0.717) is 11.6 Å². The van der Waals surface area contributed by atoms with Crippen molar-refractivity contribution in [3.63, 3.8) is 0 Å². The van der Waals surface area contributed by atoms with Crippen LogP contribution in [0.4, 0.5) is 23.1 Å². The van der Waals surface area contributed by atoms with E-state index in [1.807, 2.05) is 13.0 Å². The number of halogens is 1. The van der Waals surface area contributed by atoms with Gasteiger partial charge in [0.05, 0.1) is 5.02 Å². The molecular weight excluding hydrogens is 422 g/mol. The van der Waals surface area contributed by atoms with Crippen LogP contribution in [0, 0.1) is 6.92 Å². The average molecular weight is 444 g/mol. The zero-order valence-electron chi connectivity index (χ0n) is 16.5. The van der Waals surface area contributed by atoms with Crippen molar-refractivity contribution in [2.24, 2.45) is 0 Å². The van der Waals surface area contributed by atoms with Crippen molar-refractivity contribution in [2.45, 2.75) is 24.7 Å². The first-order valence-electron chi connectivity index (χ1n) is 9.66. The molecule has 1 saturated heterocycles. The molecule has 2 aromatic carbocycles. The van der Waals surface area contributed by atoms with Gasteiger partial charge in [-0.2, -0.15) is 4.98 Å². The Morgan fingerprint density at radius 2 is 1.63 bits per heavy atom. The van der Waals surface area contributed by atoms with Gasteiger partial charge in [-0.1, -0.05) is 23.7 Å². The fourth-order valence-corrected chi connectivity index (χ4v) is 4.92. The molecule has 1 fully saturated rings. The highest BCUT2D eigenvalue weighted by Gasteiger charge is 2.18. The van der Waals surface area contributed by atoms with E-state index < -0.39 is 10.0 Å². The lowest BCUT2D eigenvalue weighted by molar-refractivity contribution is 0.601. The van der Waals surface area contributed by atoms with Crippen molar-refractivity contribution in [1.29, 1.82) is 0 Å². The molecule has 0 saturated carbocycles. The molecule has 0 aliphatic carbocycles. The highest BCUT2D eigenvalue weighted by molar-refractivity contribution is 7.92. The third-order valence-electron chi connectivity index (χ3n) is 4.79. The van der Waals surface area contributed by atoms with Crippen LogP contribution in [0.1, 0.15) is 18.5 Å². The molecule has 30 heavy (non-hydrogen) atoms. The molecule has 2 heterocycles. The molecule has 1 aliphatic heterocycles. The van der Waals surface area contributed by atoms with Crippen molar-refractivity contribution >= 4 is 44.8 Å². The van der Waals surface area contributed by atoms with Gasteiger partial charge in [-0.25, -0.2) is 13.4 Å². The summed E-state index contributed by atoms with van der Waals surface area (Å²) in [7, 11) is -3.77.